The topological polar surface area (TPSA) is 84.9 Å². The molecule has 0 aliphatic rings. The molecule has 0 heterocycles. The van der Waals surface area contributed by atoms with E-state index in [0.29, 0.717) is 30.3 Å². The second-order valence-electron chi connectivity index (χ2n) is 6.10. The van der Waals surface area contributed by atoms with Crippen LogP contribution in [-0.2, 0) is 14.8 Å². The highest BCUT2D eigenvalue weighted by Crippen LogP contribution is 2.25. The molecule has 0 saturated carbocycles. The fourth-order valence-electron chi connectivity index (χ4n) is 2.68. The number of methoxy groups -OCH3 is 1. The molecule has 8 heteroatoms. The second kappa shape index (κ2) is 9.57. The van der Waals surface area contributed by atoms with Crippen LogP contribution in [0.3, 0.4) is 0 Å². The average Bonchev–Trinajstić information content (AvgIpc) is 2.67. The Morgan fingerprint density at radius 1 is 1.07 bits per heavy atom. The highest BCUT2D eigenvalue weighted by Gasteiger charge is 2.21. The van der Waals surface area contributed by atoms with E-state index in [1.54, 1.807) is 19.9 Å². The summed E-state index contributed by atoms with van der Waals surface area (Å²) in [7, 11) is -1.98. The van der Waals surface area contributed by atoms with Gasteiger partial charge >= 0.3 is 0 Å². The van der Waals surface area contributed by atoms with Gasteiger partial charge in [-0.15, -0.1) is 0 Å². The molecule has 0 atom stereocenters. The first-order valence-corrected chi connectivity index (χ1v) is 10.4. The number of amides is 1. The Morgan fingerprint density at radius 3 is 2.29 bits per heavy atom. The fourth-order valence-corrected chi connectivity index (χ4v) is 4.13. The van der Waals surface area contributed by atoms with E-state index in [9.17, 15) is 13.2 Å². The molecule has 2 rings (SSSR count). The normalized spacial score (nSPS) is 11.3. The van der Waals surface area contributed by atoms with E-state index in [2.05, 4.69) is 5.32 Å². The van der Waals surface area contributed by atoms with Crippen LogP contribution in [0.2, 0.25) is 0 Å². The molecule has 2 aromatic rings. The molecule has 0 aromatic heterocycles. The molecule has 28 heavy (non-hydrogen) atoms. The summed E-state index contributed by atoms with van der Waals surface area (Å²) >= 11 is 0. The first kappa shape index (κ1) is 21.7. The molecule has 1 N–H and O–H groups in total. The van der Waals surface area contributed by atoms with Gasteiger partial charge < -0.3 is 14.8 Å². The third kappa shape index (κ3) is 5.24. The number of carbonyl (C=O) groups is 1. The zero-order valence-electron chi connectivity index (χ0n) is 16.6. The highest BCUT2D eigenvalue weighted by molar-refractivity contribution is 7.89. The lowest BCUT2D eigenvalue weighted by atomic mass is 10.2. The van der Waals surface area contributed by atoms with E-state index >= 15 is 0 Å². The Balaban J connectivity index is 2.00. The van der Waals surface area contributed by atoms with Crippen LogP contribution in [0.15, 0.2) is 47.4 Å². The number of anilines is 1. The predicted octanol–water partition coefficient (Wildman–Crippen LogP) is 3.05. The van der Waals surface area contributed by atoms with Crippen molar-refractivity contribution in [3.05, 3.63) is 48.0 Å². The largest absolute Gasteiger partial charge is 0.495 e. The molecular weight excluding hydrogens is 380 g/mol. The van der Waals surface area contributed by atoms with Gasteiger partial charge in [-0.1, -0.05) is 19.9 Å². The molecule has 7 nitrogen and oxygen atoms in total. The third-order valence-corrected chi connectivity index (χ3v) is 6.23. The highest BCUT2D eigenvalue weighted by atomic mass is 32.2. The Labute approximate surface area is 166 Å². The van der Waals surface area contributed by atoms with Crippen molar-refractivity contribution in [2.24, 2.45) is 0 Å². The lowest BCUT2D eigenvalue weighted by Crippen LogP contribution is -2.30. The van der Waals surface area contributed by atoms with Crippen molar-refractivity contribution in [3.8, 4) is 11.5 Å². The first-order chi connectivity index (χ1) is 13.3. The molecule has 0 radical (unpaired) electrons. The number of benzene rings is 2. The molecule has 152 valence electrons. The van der Waals surface area contributed by atoms with Crippen LogP contribution >= 0.6 is 0 Å². The summed E-state index contributed by atoms with van der Waals surface area (Å²) in [5.74, 6) is 0.624. The monoisotopic (exact) mass is 406 g/mol. The molecular formula is C20H26N2O5S. The summed E-state index contributed by atoms with van der Waals surface area (Å²) in [5.41, 5.74) is 1.55. The Bertz CT molecular complexity index is 907. The molecule has 2 aromatic carbocycles. The summed E-state index contributed by atoms with van der Waals surface area (Å²) in [6.45, 7) is 6.10. The molecule has 0 aliphatic heterocycles. The Morgan fingerprint density at radius 2 is 1.71 bits per heavy atom. The van der Waals surface area contributed by atoms with Crippen LogP contribution in [0.25, 0.3) is 0 Å². The predicted molar refractivity (Wildman–Crippen MR) is 108 cm³/mol. The van der Waals surface area contributed by atoms with Gasteiger partial charge in [-0.25, -0.2) is 8.42 Å². The Hall–Kier alpha value is -2.58. The van der Waals surface area contributed by atoms with Crippen molar-refractivity contribution in [2.45, 2.75) is 25.7 Å². The number of carbonyl (C=O) groups excluding carboxylic acids is 1. The minimum absolute atomic E-state index is 0.192. The van der Waals surface area contributed by atoms with Gasteiger partial charge in [-0.2, -0.15) is 4.31 Å². The zero-order chi connectivity index (χ0) is 20.7. The maximum absolute atomic E-state index is 12.5. The van der Waals surface area contributed by atoms with E-state index in [1.165, 1.54) is 35.7 Å². The zero-order valence-corrected chi connectivity index (χ0v) is 17.4. The number of sulfonamides is 1. The van der Waals surface area contributed by atoms with E-state index in [-0.39, 0.29) is 17.4 Å². The molecule has 1 amide bonds. The average molecular weight is 407 g/mol. The standard InChI is InChI=1S/C20H26N2O5S/c1-5-22(6-2)28(24,25)17-10-8-16(9-11-17)27-14-20(23)21-18-13-15(3)7-12-19(18)26-4/h7-13H,5-6,14H2,1-4H3,(H,21,23). The van der Waals surface area contributed by atoms with Crippen molar-refractivity contribution in [1.29, 1.82) is 0 Å². The second-order valence-corrected chi connectivity index (χ2v) is 8.04. The fraction of sp³-hybridized carbons (Fsp3) is 0.350. The minimum Gasteiger partial charge on any atom is -0.495 e. The van der Waals surface area contributed by atoms with Crippen LogP contribution in [0, 0.1) is 6.92 Å². The van der Waals surface area contributed by atoms with Crippen molar-refractivity contribution >= 4 is 21.6 Å². The van der Waals surface area contributed by atoms with Gasteiger partial charge in [0.25, 0.3) is 5.91 Å². The van der Waals surface area contributed by atoms with Gasteiger partial charge in [0.05, 0.1) is 17.7 Å². The van der Waals surface area contributed by atoms with Crippen molar-refractivity contribution in [2.75, 3.05) is 32.1 Å². The number of nitrogens with one attached hydrogen (secondary N) is 1. The van der Waals surface area contributed by atoms with E-state index in [4.69, 9.17) is 9.47 Å². The Kier molecular flexibility index (Phi) is 7.42. The van der Waals surface area contributed by atoms with Crippen LogP contribution in [0.5, 0.6) is 11.5 Å². The molecule has 0 unspecified atom stereocenters. The maximum Gasteiger partial charge on any atom is 0.262 e. The van der Waals surface area contributed by atoms with Crippen molar-refractivity contribution < 1.29 is 22.7 Å². The van der Waals surface area contributed by atoms with Crippen LogP contribution in [0.4, 0.5) is 5.69 Å². The smallest absolute Gasteiger partial charge is 0.262 e. The lowest BCUT2D eigenvalue weighted by Gasteiger charge is -2.18. The van der Waals surface area contributed by atoms with Gasteiger partial charge in [0.1, 0.15) is 11.5 Å². The number of nitrogens with zero attached hydrogens (tertiary/aromatic N) is 1. The molecule has 0 bridgehead atoms. The quantitative estimate of drug-likeness (QED) is 0.692. The van der Waals surface area contributed by atoms with Crippen LogP contribution in [0.1, 0.15) is 19.4 Å². The van der Waals surface area contributed by atoms with Crippen molar-refractivity contribution in [1.82, 2.24) is 4.31 Å². The van der Waals surface area contributed by atoms with Crippen molar-refractivity contribution in [3.63, 3.8) is 0 Å². The van der Waals surface area contributed by atoms with Gasteiger partial charge in [-0.3, -0.25) is 4.79 Å². The molecule has 0 aliphatic carbocycles. The number of ether oxygens (including phenoxy) is 2. The summed E-state index contributed by atoms with van der Waals surface area (Å²) in [6, 6.07) is 11.5. The number of aryl methyl sites for hydroxylation is 1. The van der Waals surface area contributed by atoms with Gasteiger partial charge in [0, 0.05) is 13.1 Å². The van der Waals surface area contributed by atoms with E-state index in [0.717, 1.165) is 5.56 Å². The van der Waals surface area contributed by atoms with Gasteiger partial charge in [0.2, 0.25) is 10.0 Å². The first-order valence-electron chi connectivity index (χ1n) is 8.99. The molecule has 0 spiro atoms. The van der Waals surface area contributed by atoms with E-state index < -0.39 is 10.0 Å². The number of hydrogen-bond acceptors (Lipinski definition) is 5. The lowest BCUT2D eigenvalue weighted by molar-refractivity contribution is -0.118. The maximum atomic E-state index is 12.5. The summed E-state index contributed by atoms with van der Waals surface area (Å²) in [5, 5.41) is 2.75. The number of rotatable bonds is 9. The van der Waals surface area contributed by atoms with E-state index in [1.807, 2.05) is 19.1 Å². The van der Waals surface area contributed by atoms with Gasteiger partial charge in [0.15, 0.2) is 6.61 Å². The summed E-state index contributed by atoms with van der Waals surface area (Å²) in [6.07, 6.45) is 0. The number of hydrogen-bond donors (Lipinski definition) is 1. The third-order valence-electron chi connectivity index (χ3n) is 4.17. The van der Waals surface area contributed by atoms with Gasteiger partial charge in [-0.05, 0) is 48.9 Å². The molecule has 0 fully saturated rings. The summed E-state index contributed by atoms with van der Waals surface area (Å²) in [4.78, 5) is 12.4. The molecule has 0 saturated heterocycles. The SMILES string of the molecule is CCN(CC)S(=O)(=O)c1ccc(OCC(=O)Nc2cc(C)ccc2OC)cc1. The van der Waals surface area contributed by atoms with Crippen LogP contribution in [-0.4, -0.2) is 45.4 Å². The minimum atomic E-state index is -3.52. The van der Waals surface area contributed by atoms with Crippen LogP contribution < -0.4 is 14.8 Å². The summed E-state index contributed by atoms with van der Waals surface area (Å²) < 4.78 is 37.0.